The van der Waals surface area contributed by atoms with Crippen LogP contribution in [0.1, 0.15) is 54.4 Å². The number of aliphatic hydroxyl groups is 1. The van der Waals surface area contributed by atoms with E-state index in [9.17, 15) is 9.59 Å². The fourth-order valence-electron chi connectivity index (χ4n) is 4.42. The van der Waals surface area contributed by atoms with Crippen molar-refractivity contribution in [2.45, 2.75) is 50.0 Å². The second-order valence-corrected chi connectivity index (χ2v) is 8.49. The van der Waals surface area contributed by atoms with Gasteiger partial charge in [-0.1, -0.05) is 42.5 Å². The highest BCUT2D eigenvalue weighted by Gasteiger charge is 2.38. The van der Waals surface area contributed by atoms with E-state index in [1.165, 1.54) is 5.56 Å². The largest absolute Gasteiger partial charge is 0.496 e. The lowest BCUT2D eigenvalue weighted by atomic mass is 9.68. The molecule has 178 valence electrons. The number of carbonyl (C=O) groups excluding carboxylic acids is 2. The predicted molar refractivity (Wildman–Crippen MR) is 127 cm³/mol. The van der Waals surface area contributed by atoms with Crippen LogP contribution < -0.4 is 15.4 Å². The normalized spacial score (nSPS) is 20.0. The van der Waals surface area contributed by atoms with Gasteiger partial charge in [0.15, 0.2) is 0 Å². The van der Waals surface area contributed by atoms with E-state index in [0.29, 0.717) is 30.8 Å². The maximum absolute atomic E-state index is 12.9. The van der Waals surface area contributed by atoms with Gasteiger partial charge in [0.05, 0.1) is 12.7 Å². The number of carbonyl (C=O) groups is 2. The number of rotatable bonds is 10. The minimum Gasteiger partial charge on any atom is -0.496 e. The summed E-state index contributed by atoms with van der Waals surface area (Å²) in [6, 6.07) is 17.4. The number of methoxy groups -OCH3 is 1. The van der Waals surface area contributed by atoms with Crippen LogP contribution >= 0.6 is 0 Å². The Morgan fingerprint density at radius 2 is 1.70 bits per heavy atom. The van der Waals surface area contributed by atoms with Crippen LogP contribution in [0.2, 0.25) is 0 Å². The number of hydrogen-bond donors (Lipinski definition) is 3. The Morgan fingerprint density at radius 3 is 2.39 bits per heavy atom. The molecule has 3 N–H and O–H groups in total. The maximum Gasteiger partial charge on any atom is 0.407 e. The second-order valence-electron chi connectivity index (χ2n) is 8.49. The number of para-hydroxylation sites is 1. The SMILES string of the molecule is COc1ccccc1C(=O)NCC1(c2ccccc2)CCC(OC(=O)NCCCCO)CC1. The van der Waals surface area contributed by atoms with E-state index in [-0.39, 0.29) is 24.0 Å². The Morgan fingerprint density at radius 1 is 1.00 bits per heavy atom. The van der Waals surface area contributed by atoms with Gasteiger partial charge in [-0.05, 0) is 56.2 Å². The lowest BCUT2D eigenvalue weighted by Crippen LogP contribution is -2.45. The van der Waals surface area contributed by atoms with Crippen LogP contribution in [0.3, 0.4) is 0 Å². The standard InChI is InChI=1S/C26H34N2O5/c1-32-23-12-6-5-11-22(23)24(30)28-19-26(20-9-3-2-4-10-20)15-13-21(14-16-26)33-25(31)27-17-7-8-18-29/h2-6,9-12,21,29H,7-8,13-19H2,1H3,(H,27,31)(H,28,30). The molecular weight excluding hydrogens is 420 g/mol. The Bertz CT molecular complexity index is 895. The Labute approximate surface area is 195 Å². The molecule has 0 saturated heterocycles. The van der Waals surface area contributed by atoms with E-state index in [1.807, 2.05) is 30.3 Å². The number of aliphatic hydroxyl groups excluding tert-OH is 1. The van der Waals surface area contributed by atoms with E-state index in [1.54, 1.807) is 19.2 Å². The molecule has 0 aromatic heterocycles. The van der Waals surface area contributed by atoms with Crippen molar-refractivity contribution in [3.05, 3.63) is 65.7 Å². The summed E-state index contributed by atoms with van der Waals surface area (Å²) >= 11 is 0. The van der Waals surface area contributed by atoms with Crippen molar-refractivity contribution in [3.8, 4) is 5.75 Å². The summed E-state index contributed by atoms with van der Waals surface area (Å²) in [6.07, 6.45) is 3.87. The number of nitrogens with one attached hydrogen (secondary N) is 2. The number of ether oxygens (including phenoxy) is 2. The van der Waals surface area contributed by atoms with Gasteiger partial charge in [0.2, 0.25) is 0 Å². The highest BCUT2D eigenvalue weighted by molar-refractivity contribution is 5.96. The van der Waals surface area contributed by atoms with Gasteiger partial charge in [-0.15, -0.1) is 0 Å². The fraction of sp³-hybridized carbons (Fsp3) is 0.462. The highest BCUT2D eigenvalue weighted by Crippen LogP contribution is 2.40. The van der Waals surface area contributed by atoms with E-state index in [0.717, 1.165) is 32.1 Å². The molecule has 7 nitrogen and oxygen atoms in total. The summed E-state index contributed by atoms with van der Waals surface area (Å²) in [4.78, 5) is 25.0. The summed E-state index contributed by atoms with van der Waals surface area (Å²) in [6.45, 7) is 1.11. The van der Waals surface area contributed by atoms with Crippen molar-refractivity contribution >= 4 is 12.0 Å². The van der Waals surface area contributed by atoms with Gasteiger partial charge >= 0.3 is 6.09 Å². The summed E-state index contributed by atoms with van der Waals surface area (Å²) < 4.78 is 10.9. The van der Waals surface area contributed by atoms with Crippen molar-refractivity contribution in [1.29, 1.82) is 0 Å². The first kappa shape index (κ1) is 24.6. The van der Waals surface area contributed by atoms with Crippen LogP contribution in [-0.4, -0.2) is 50.0 Å². The van der Waals surface area contributed by atoms with Gasteiger partial charge < -0.3 is 25.2 Å². The molecule has 1 aliphatic rings. The molecule has 2 aromatic rings. The van der Waals surface area contributed by atoms with Crippen molar-refractivity contribution < 1.29 is 24.2 Å². The first-order valence-corrected chi connectivity index (χ1v) is 11.6. The summed E-state index contributed by atoms with van der Waals surface area (Å²) in [5.41, 5.74) is 1.46. The van der Waals surface area contributed by atoms with Crippen LogP contribution in [0.15, 0.2) is 54.6 Å². The number of unbranched alkanes of at least 4 members (excludes halogenated alkanes) is 1. The third-order valence-electron chi connectivity index (χ3n) is 6.34. The summed E-state index contributed by atoms with van der Waals surface area (Å²) in [7, 11) is 1.56. The third kappa shape index (κ3) is 6.71. The molecule has 1 fully saturated rings. The summed E-state index contributed by atoms with van der Waals surface area (Å²) in [5.74, 6) is 0.384. The average molecular weight is 455 g/mol. The Hall–Kier alpha value is -3.06. The molecule has 0 radical (unpaired) electrons. The number of hydrogen-bond acceptors (Lipinski definition) is 5. The van der Waals surface area contributed by atoms with Crippen LogP contribution in [-0.2, 0) is 10.2 Å². The minimum absolute atomic E-state index is 0.120. The zero-order chi connectivity index (χ0) is 23.5. The van der Waals surface area contributed by atoms with Crippen molar-refractivity contribution in [1.82, 2.24) is 10.6 Å². The quantitative estimate of drug-likeness (QED) is 0.475. The van der Waals surface area contributed by atoms with E-state index in [4.69, 9.17) is 14.6 Å². The van der Waals surface area contributed by atoms with Gasteiger partial charge in [-0.3, -0.25) is 4.79 Å². The number of amides is 2. The maximum atomic E-state index is 12.9. The molecule has 2 aromatic carbocycles. The molecular formula is C26H34N2O5. The molecule has 0 heterocycles. The first-order chi connectivity index (χ1) is 16.1. The van der Waals surface area contributed by atoms with Crippen LogP contribution in [0.25, 0.3) is 0 Å². The van der Waals surface area contributed by atoms with Crippen LogP contribution in [0.5, 0.6) is 5.75 Å². The number of benzene rings is 2. The molecule has 1 saturated carbocycles. The average Bonchev–Trinajstić information content (AvgIpc) is 2.86. The van der Waals surface area contributed by atoms with Gasteiger partial charge in [0.1, 0.15) is 11.9 Å². The molecule has 0 spiro atoms. The lowest BCUT2D eigenvalue weighted by Gasteiger charge is -2.40. The molecule has 3 rings (SSSR count). The van der Waals surface area contributed by atoms with Gasteiger partial charge in [0.25, 0.3) is 5.91 Å². The smallest absolute Gasteiger partial charge is 0.407 e. The van der Waals surface area contributed by atoms with Gasteiger partial charge in [-0.2, -0.15) is 0 Å². The van der Waals surface area contributed by atoms with E-state index >= 15 is 0 Å². The molecule has 33 heavy (non-hydrogen) atoms. The molecule has 2 amide bonds. The van der Waals surface area contributed by atoms with E-state index in [2.05, 4.69) is 22.8 Å². The molecule has 0 aliphatic heterocycles. The van der Waals surface area contributed by atoms with Crippen LogP contribution in [0, 0.1) is 0 Å². The monoisotopic (exact) mass is 454 g/mol. The van der Waals surface area contributed by atoms with E-state index < -0.39 is 6.09 Å². The molecule has 0 atom stereocenters. The van der Waals surface area contributed by atoms with Crippen molar-refractivity contribution in [2.75, 3.05) is 26.8 Å². The lowest BCUT2D eigenvalue weighted by molar-refractivity contribution is 0.0564. The number of alkyl carbamates (subject to hydrolysis) is 1. The third-order valence-corrected chi connectivity index (χ3v) is 6.34. The fourth-order valence-corrected chi connectivity index (χ4v) is 4.42. The molecule has 7 heteroatoms. The minimum atomic E-state index is -0.408. The highest BCUT2D eigenvalue weighted by atomic mass is 16.6. The van der Waals surface area contributed by atoms with Crippen LogP contribution in [0.4, 0.5) is 4.79 Å². The zero-order valence-electron chi connectivity index (χ0n) is 19.2. The van der Waals surface area contributed by atoms with Crippen molar-refractivity contribution in [3.63, 3.8) is 0 Å². The molecule has 0 bridgehead atoms. The Kier molecular flexibility index (Phi) is 9.13. The molecule has 1 aliphatic carbocycles. The van der Waals surface area contributed by atoms with Gasteiger partial charge in [0, 0.05) is 25.1 Å². The Balaban J connectivity index is 1.62. The zero-order valence-corrected chi connectivity index (χ0v) is 19.2. The topological polar surface area (TPSA) is 96.9 Å². The first-order valence-electron chi connectivity index (χ1n) is 11.6. The predicted octanol–water partition coefficient (Wildman–Crippen LogP) is 3.80. The second kappa shape index (κ2) is 12.3. The summed E-state index contributed by atoms with van der Waals surface area (Å²) in [5, 5.41) is 14.7. The van der Waals surface area contributed by atoms with Crippen molar-refractivity contribution in [2.24, 2.45) is 0 Å². The van der Waals surface area contributed by atoms with Gasteiger partial charge in [-0.25, -0.2) is 4.79 Å². The molecule has 0 unspecified atom stereocenters.